The highest BCUT2D eigenvalue weighted by Crippen LogP contribution is 2.33. The van der Waals surface area contributed by atoms with Crippen molar-refractivity contribution in [1.82, 2.24) is 4.90 Å². The van der Waals surface area contributed by atoms with Crippen molar-refractivity contribution in [2.75, 3.05) is 0 Å². The van der Waals surface area contributed by atoms with Gasteiger partial charge in [0, 0.05) is 30.6 Å². The summed E-state index contributed by atoms with van der Waals surface area (Å²) < 4.78 is 5.83. The molecule has 162 valence electrons. The highest BCUT2D eigenvalue weighted by molar-refractivity contribution is 5.86. The second-order valence-electron chi connectivity index (χ2n) is 8.61. The fraction of sp³-hybridized carbons (Fsp3) is 0.250. The van der Waals surface area contributed by atoms with Crippen molar-refractivity contribution < 1.29 is 9.52 Å². The number of rotatable bonds is 6. The molecule has 3 aromatic carbocycles. The number of fused-ring (bicyclic) bond motifs is 3. The Morgan fingerprint density at radius 1 is 0.750 bits per heavy atom. The van der Waals surface area contributed by atoms with E-state index in [2.05, 4.69) is 29.2 Å². The van der Waals surface area contributed by atoms with Crippen LogP contribution in [0.1, 0.15) is 40.7 Å². The van der Waals surface area contributed by atoms with E-state index in [1.165, 1.54) is 11.1 Å². The highest BCUT2D eigenvalue weighted by Gasteiger charge is 2.22. The van der Waals surface area contributed by atoms with Gasteiger partial charge in [-0.3, -0.25) is 4.90 Å². The minimum Gasteiger partial charge on any atom is -0.507 e. The average Bonchev–Trinajstić information content (AvgIpc) is 2.82. The van der Waals surface area contributed by atoms with Crippen LogP contribution in [0, 0.1) is 0 Å². The Morgan fingerprint density at radius 3 is 1.97 bits per heavy atom. The van der Waals surface area contributed by atoms with E-state index >= 15 is 0 Å². The lowest BCUT2D eigenvalue weighted by molar-refractivity contribution is 0.244. The molecule has 0 saturated heterocycles. The fourth-order valence-electron chi connectivity index (χ4n) is 4.78. The molecule has 4 aromatic rings. The van der Waals surface area contributed by atoms with Crippen molar-refractivity contribution in [3.8, 4) is 5.75 Å². The second kappa shape index (κ2) is 9.01. The van der Waals surface area contributed by atoms with Crippen LogP contribution in [-0.4, -0.2) is 10.0 Å². The first-order valence-corrected chi connectivity index (χ1v) is 11.3. The van der Waals surface area contributed by atoms with Crippen LogP contribution in [0.2, 0.25) is 0 Å². The Labute approximate surface area is 187 Å². The number of phenolic OH excluding ortho intramolecular Hbond substituents is 1. The molecule has 1 aliphatic rings. The number of hydrogen-bond acceptors (Lipinski definition) is 4. The molecule has 1 N–H and O–H groups in total. The molecule has 0 fully saturated rings. The first-order valence-electron chi connectivity index (χ1n) is 11.3. The average molecular weight is 426 g/mol. The van der Waals surface area contributed by atoms with E-state index in [4.69, 9.17) is 4.42 Å². The quantitative estimate of drug-likeness (QED) is 0.410. The molecular weight excluding hydrogens is 398 g/mol. The summed E-state index contributed by atoms with van der Waals surface area (Å²) in [6.07, 6.45) is 3.77. The van der Waals surface area contributed by atoms with Crippen LogP contribution in [0.4, 0.5) is 0 Å². The zero-order chi connectivity index (χ0) is 21.9. The van der Waals surface area contributed by atoms with E-state index in [-0.39, 0.29) is 11.4 Å². The van der Waals surface area contributed by atoms with Crippen LogP contribution in [0.15, 0.2) is 82.0 Å². The second-order valence-corrected chi connectivity index (χ2v) is 8.61. The molecular formula is C28H27NO3. The number of aromatic hydroxyl groups is 1. The molecule has 0 aliphatic heterocycles. The summed E-state index contributed by atoms with van der Waals surface area (Å²) in [5.41, 5.74) is 5.26. The first-order chi connectivity index (χ1) is 15.7. The summed E-state index contributed by atoms with van der Waals surface area (Å²) in [5.74, 6) is 0.169. The van der Waals surface area contributed by atoms with E-state index < -0.39 is 0 Å². The minimum absolute atomic E-state index is 0.169. The van der Waals surface area contributed by atoms with Gasteiger partial charge in [-0.2, -0.15) is 0 Å². The monoisotopic (exact) mass is 425 g/mol. The Kier molecular flexibility index (Phi) is 5.78. The zero-order valence-electron chi connectivity index (χ0n) is 18.1. The van der Waals surface area contributed by atoms with Crippen LogP contribution in [0.3, 0.4) is 0 Å². The third-order valence-corrected chi connectivity index (χ3v) is 6.35. The smallest absolute Gasteiger partial charge is 0.339 e. The number of nitrogens with zero attached hydrogens (tertiary/aromatic N) is 1. The van der Waals surface area contributed by atoms with Crippen LogP contribution >= 0.6 is 0 Å². The normalized spacial score (nSPS) is 13.4. The first kappa shape index (κ1) is 20.5. The van der Waals surface area contributed by atoms with E-state index in [0.717, 1.165) is 55.3 Å². The van der Waals surface area contributed by atoms with Crippen LogP contribution in [0.25, 0.3) is 11.0 Å². The maximum Gasteiger partial charge on any atom is 0.339 e. The maximum atomic E-state index is 12.7. The molecule has 5 rings (SSSR count). The predicted octanol–water partition coefficient (Wildman–Crippen LogP) is 5.58. The number of phenols is 1. The molecule has 4 nitrogen and oxygen atoms in total. The molecule has 0 radical (unpaired) electrons. The van der Waals surface area contributed by atoms with Crippen molar-refractivity contribution in [2.24, 2.45) is 0 Å². The molecule has 1 aromatic heterocycles. The third kappa shape index (κ3) is 4.19. The highest BCUT2D eigenvalue weighted by atomic mass is 16.4. The van der Waals surface area contributed by atoms with Gasteiger partial charge in [-0.25, -0.2) is 4.79 Å². The molecule has 0 atom stereocenters. The van der Waals surface area contributed by atoms with E-state index in [0.29, 0.717) is 17.7 Å². The summed E-state index contributed by atoms with van der Waals surface area (Å²) in [5, 5.41) is 11.8. The zero-order valence-corrected chi connectivity index (χ0v) is 18.1. The minimum atomic E-state index is -0.253. The van der Waals surface area contributed by atoms with Gasteiger partial charge in [0.05, 0.1) is 5.56 Å². The van der Waals surface area contributed by atoms with Crippen LogP contribution < -0.4 is 5.63 Å². The Hall–Kier alpha value is -3.37. The van der Waals surface area contributed by atoms with Crippen molar-refractivity contribution in [3.05, 3.63) is 111 Å². The molecule has 1 aliphatic carbocycles. The van der Waals surface area contributed by atoms with Gasteiger partial charge in [0.2, 0.25) is 0 Å². The molecule has 0 unspecified atom stereocenters. The number of hydrogen-bond donors (Lipinski definition) is 1. The largest absolute Gasteiger partial charge is 0.507 e. The Bertz CT molecular complexity index is 1240. The topological polar surface area (TPSA) is 53.7 Å². The van der Waals surface area contributed by atoms with Gasteiger partial charge in [-0.1, -0.05) is 60.7 Å². The van der Waals surface area contributed by atoms with Crippen LogP contribution in [0.5, 0.6) is 5.75 Å². The lowest BCUT2D eigenvalue weighted by atomic mass is 9.90. The van der Waals surface area contributed by atoms with Gasteiger partial charge in [0.25, 0.3) is 0 Å². The molecule has 0 saturated carbocycles. The van der Waals surface area contributed by atoms with E-state index in [9.17, 15) is 9.90 Å². The van der Waals surface area contributed by atoms with E-state index in [1.54, 1.807) is 6.07 Å². The standard InChI is InChI=1S/C28H27NO3/c30-26-16-15-23-22-13-7-8-14-24(22)28(31)32-27(23)25(26)19-29(17-20-9-3-1-4-10-20)18-21-11-5-2-6-12-21/h1-6,9-12,15-16,30H,7-8,13-14,17-19H2. The Balaban J connectivity index is 1.56. The van der Waals surface area contributed by atoms with Gasteiger partial charge >= 0.3 is 5.63 Å². The molecule has 32 heavy (non-hydrogen) atoms. The van der Waals surface area contributed by atoms with Gasteiger partial charge in [0.15, 0.2) is 0 Å². The summed E-state index contributed by atoms with van der Waals surface area (Å²) in [7, 11) is 0. The van der Waals surface area contributed by atoms with Gasteiger partial charge < -0.3 is 9.52 Å². The van der Waals surface area contributed by atoms with Crippen molar-refractivity contribution >= 4 is 11.0 Å². The Morgan fingerprint density at radius 2 is 1.34 bits per heavy atom. The molecule has 0 bridgehead atoms. The predicted molar refractivity (Wildman–Crippen MR) is 127 cm³/mol. The van der Waals surface area contributed by atoms with Crippen molar-refractivity contribution in [2.45, 2.75) is 45.3 Å². The molecule has 0 amide bonds. The lowest BCUT2D eigenvalue weighted by Crippen LogP contribution is -2.23. The molecule has 4 heteroatoms. The summed E-state index contributed by atoms with van der Waals surface area (Å²) in [6, 6.07) is 24.3. The lowest BCUT2D eigenvalue weighted by Gasteiger charge is -2.24. The SMILES string of the molecule is O=c1oc2c(CN(Cc3ccccc3)Cc3ccccc3)c(O)ccc2c2c1CCCC2. The molecule has 1 heterocycles. The van der Waals surface area contributed by atoms with Gasteiger partial charge in [-0.05, 0) is 54.5 Å². The van der Waals surface area contributed by atoms with Gasteiger partial charge in [-0.15, -0.1) is 0 Å². The molecule has 0 spiro atoms. The van der Waals surface area contributed by atoms with E-state index in [1.807, 2.05) is 42.5 Å². The van der Waals surface area contributed by atoms with Crippen molar-refractivity contribution in [3.63, 3.8) is 0 Å². The maximum absolute atomic E-state index is 12.7. The number of aryl methyl sites for hydroxylation is 1. The number of benzene rings is 3. The fourth-order valence-corrected chi connectivity index (χ4v) is 4.78. The summed E-state index contributed by atoms with van der Waals surface area (Å²) in [4.78, 5) is 15.0. The van der Waals surface area contributed by atoms with Crippen LogP contribution in [-0.2, 0) is 32.5 Å². The van der Waals surface area contributed by atoms with Gasteiger partial charge in [0.1, 0.15) is 11.3 Å². The third-order valence-electron chi connectivity index (χ3n) is 6.35. The van der Waals surface area contributed by atoms with Crippen molar-refractivity contribution in [1.29, 1.82) is 0 Å². The summed E-state index contributed by atoms with van der Waals surface area (Å²) in [6.45, 7) is 1.93. The summed E-state index contributed by atoms with van der Waals surface area (Å²) >= 11 is 0.